The van der Waals surface area contributed by atoms with E-state index in [4.69, 9.17) is 18.9 Å². The summed E-state index contributed by atoms with van der Waals surface area (Å²) in [6.07, 6.45) is -1.41. The van der Waals surface area contributed by atoms with Gasteiger partial charge in [0.05, 0.1) is 5.41 Å². The Morgan fingerprint density at radius 2 is 1.55 bits per heavy atom. The lowest BCUT2D eigenvalue weighted by Crippen LogP contribution is -2.45. The number of ether oxygens (including phenoxy) is 4. The Kier molecular flexibility index (Phi) is 9.01. The van der Waals surface area contributed by atoms with Crippen molar-refractivity contribution < 1.29 is 38.1 Å². The summed E-state index contributed by atoms with van der Waals surface area (Å²) >= 11 is 0. The van der Waals surface area contributed by atoms with Crippen LogP contribution in [-0.2, 0) is 23.7 Å². The summed E-state index contributed by atoms with van der Waals surface area (Å²) in [7, 11) is 0. The van der Waals surface area contributed by atoms with E-state index in [2.05, 4.69) is 10.3 Å². The van der Waals surface area contributed by atoms with Gasteiger partial charge in [0.25, 0.3) is 0 Å². The van der Waals surface area contributed by atoms with E-state index < -0.39 is 35.0 Å². The van der Waals surface area contributed by atoms with Gasteiger partial charge in [0.1, 0.15) is 36.0 Å². The molecule has 1 saturated heterocycles. The summed E-state index contributed by atoms with van der Waals surface area (Å²) in [4.78, 5) is 51.9. The van der Waals surface area contributed by atoms with Gasteiger partial charge in [0.2, 0.25) is 0 Å². The molecule has 10 nitrogen and oxygen atoms in total. The Labute approximate surface area is 183 Å². The standard InChI is InChI=1S/C21H34N2O8/c1-8-21(12-28-18(27)29-13-21)14(24)10-9-11-15(22-16(25)30-19(2,3)4)23-17(26)31-20(5,6)7/h8-13H2,1-7H3,(H,22,23,25,26). The van der Waals surface area contributed by atoms with Gasteiger partial charge < -0.3 is 18.9 Å². The zero-order valence-corrected chi connectivity index (χ0v) is 19.5. The van der Waals surface area contributed by atoms with Crippen molar-refractivity contribution in [2.45, 2.75) is 85.4 Å². The molecule has 0 aromatic carbocycles. The number of alkyl carbamates (subject to hydrolysis) is 1. The lowest BCUT2D eigenvalue weighted by atomic mass is 9.80. The third kappa shape index (κ3) is 9.80. The van der Waals surface area contributed by atoms with Crippen molar-refractivity contribution in [3.8, 4) is 0 Å². The van der Waals surface area contributed by atoms with Crippen molar-refractivity contribution in [1.82, 2.24) is 5.32 Å². The second-order valence-corrected chi connectivity index (χ2v) is 9.40. The van der Waals surface area contributed by atoms with E-state index in [1.807, 2.05) is 6.92 Å². The molecule has 10 heteroatoms. The van der Waals surface area contributed by atoms with Gasteiger partial charge in [-0.2, -0.15) is 4.99 Å². The van der Waals surface area contributed by atoms with Crippen molar-refractivity contribution in [2.75, 3.05) is 13.2 Å². The maximum Gasteiger partial charge on any atom is 0.508 e. The summed E-state index contributed by atoms with van der Waals surface area (Å²) in [6.45, 7) is 12.0. The monoisotopic (exact) mass is 442 g/mol. The predicted molar refractivity (Wildman–Crippen MR) is 112 cm³/mol. The normalized spacial score (nSPS) is 16.6. The van der Waals surface area contributed by atoms with Crippen LogP contribution in [0.5, 0.6) is 0 Å². The Morgan fingerprint density at radius 3 is 2.03 bits per heavy atom. The highest BCUT2D eigenvalue weighted by atomic mass is 16.7. The number of Topliss-reactive ketones (excluding diaryl/α,β-unsaturated/α-hetero) is 1. The number of carbonyl (C=O) groups is 4. The van der Waals surface area contributed by atoms with Crippen molar-refractivity contribution >= 4 is 30.0 Å². The van der Waals surface area contributed by atoms with Gasteiger partial charge in [0.15, 0.2) is 0 Å². The fourth-order valence-corrected chi connectivity index (χ4v) is 2.68. The Balaban J connectivity index is 2.80. The van der Waals surface area contributed by atoms with Crippen LogP contribution >= 0.6 is 0 Å². The van der Waals surface area contributed by atoms with Gasteiger partial charge in [-0.15, -0.1) is 0 Å². The molecule has 1 aliphatic rings. The summed E-state index contributed by atoms with van der Waals surface area (Å²) in [6, 6.07) is 0. The van der Waals surface area contributed by atoms with Gasteiger partial charge in [-0.05, 0) is 54.4 Å². The summed E-state index contributed by atoms with van der Waals surface area (Å²) < 4.78 is 20.1. The van der Waals surface area contributed by atoms with E-state index in [0.29, 0.717) is 12.8 Å². The number of amides is 2. The molecule has 1 N–H and O–H groups in total. The molecule has 0 aromatic heterocycles. The molecule has 0 unspecified atom stereocenters. The van der Waals surface area contributed by atoms with Gasteiger partial charge in [-0.25, -0.2) is 14.4 Å². The molecule has 1 fully saturated rings. The Hall–Kier alpha value is -2.65. The largest absolute Gasteiger partial charge is 0.508 e. The lowest BCUT2D eigenvalue weighted by molar-refractivity contribution is -0.141. The van der Waals surface area contributed by atoms with E-state index in [-0.39, 0.29) is 37.7 Å². The highest BCUT2D eigenvalue weighted by Crippen LogP contribution is 2.30. The minimum atomic E-state index is -0.894. The smallest absolute Gasteiger partial charge is 0.444 e. The molecule has 0 radical (unpaired) electrons. The van der Waals surface area contributed by atoms with Crippen molar-refractivity contribution in [3.63, 3.8) is 0 Å². The van der Waals surface area contributed by atoms with Crippen molar-refractivity contribution in [3.05, 3.63) is 0 Å². The molecule has 0 spiro atoms. The summed E-state index contributed by atoms with van der Waals surface area (Å²) in [5, 5.41) is 2.46. The second-order valence-electron chi connectivity index (χ2n) is 9.40. The zero-order valence-electron chi connectivity index (χ0n) is 19.5. The van der Waals surface area contributed by atoms with Crippen LogP contribution < -0.4 is 5.32 Å². The van der Waals surface area contributed by atoms with Crippen LogP contribution in [0.25, 0.3) is 0 Å². The van der Waals surface area contributed by atoms with Crippen LogP contribution in [-0.4, -0.2) is 54.4 Å². The maximum absolute atomic E-state index is 12.7. The molecule has 31 heavy (non-hydrogen) atoms. The van der Waals surface area contributed by atoms with Crippen molar-refractivity contribution in [2.24, 2.45) is 10.4 Å². The topological polar surface area (TPSA) is 130 Å². The lowest BCUT2D eigenvalue weighted by Gasteiger charge is -2.33. The molecule has 0 saturated carbocycles. The van der Waals surface area contributed by atoms with Crippen LogP contribution in [0.15, 0.2) is 4.99 Å². The third-order valence-electron chi connectivity index (χ3n) is 4.28. The average Bonchev–Trinajstić information content (AvgIpc) is 2.59. The van der Waals surface area contributed by atoms with Crippen LogP contribution in [0, 0.1) is 5.41 Å². The van der Waals surface area contributed by atoms with Crippen LogP contribution in [0.3, 0.4) is 0 Å². The Morgan fingerprint density at radius 1 is 1.00 bits per heavy atom. The minimum absolute atomic E-state index is 0.0316. The van der Waals surface area contributed by atoms with E-state index in [1.165, 1.54) is 0 Å². The van der Waals surface area contributed by atoms with E-state index in [1.54, 1.807) is 41.5 Å². The number of ketones is 1. The fraction of sp³-hybridized carbons (Fsp3) is 0.762. The highest BCUT2D eigenvalue weighted by molar-refractivity contribution is 6.00. The van der Waals surface area contributed by atoms with E-state index >= 15 is 0 Å². The minimum Gasteiger partial charge on any atom is -0.444 e. The molecular weight excluding hydrogens is 408 g/mol. The van der Waals surface area contributed by atoms with Gasteiger partial charge in [-0.1, -0.05) is 6.92 Å². The molecule has 1 rings (SSSR count). The number of amidine groups is 1. The number of rotatable bonds is 6. The first kappa shape index (κ1) is 26.4. The maximum atomic E-state index is 12.7. The Bertz CT molecular complexity index is 706. The number of hydrogen-bond donors (Lipinski definition) is 1. The number of hydrogen-bond acceptors (Lipinski definition) is 8. The molecule has 1 aliphatic heterocycles. The number of nitrogens with one attached hydrogen (secondary N) is 1. The molecule has 0 aromatic rings. The molecule has 2 amide bonds. The highest BCUT2D eigenvalue weighted by Gasteiger charge is 2.42. The third-order valence-corrected chi connectivity index (χ3v) is 4.28. The molecule has 176 valence electrons. The van der Waals surface area contributed by atoms with Gasteiger partial charge in [0, 0.05) is 12.8 Å². The number of nitrogens with zero attached hydrogens (tertiary/aromatic N) is 1. The number of carbonyl (C=O) groups excluding carboxylic acids is 4. The fourth-order valence-electron chi connectivity index (χ4n) is 2.68. The summed E-state index contributed by atoms with van der Waals surface area (Å²) in [5.41, 5.74) is -2.38. The summed E-state index contributed by atoms with van der Waals surface area (Å²) in [5.74, 6) is -0.0930. The van der Waals surface area contributed by atoms with Gasteiger partial charge >= 0.3 is 18.3 Å². The molecule has 0 aliphatic carbocycles. The number of cyclic esters (lactones) is 2. The van der Waals surface area contributed by atoms with Crippen molar-refractivity contribution in [1.29, 1.82) is 0 Å². The quantitative estimate of drug-likeness (QED) is 0.281. The zero-order chi connectivity index (χ0) is 23.9. The average molecular weight is 443 g/mol. The second kappa shape index (κ2) is 10.6. The van der Waals surface area contributed by atoms with Crippen LogP contribution in [0.1, 0.15) is 74.1 Å². The van der Waals surface area contributed by atoms with Crippen LogP contribution in [0.4, 0.5) is 14.4 Å². The molecular formula is C21H34N2O8. The SMILES string of the molecule is CCC1(C(=O)CCCC(=NC(=O)OC(C)(C)C)NC(=O)OC(C)(C)C)COC(=O)OC1. The first-order chi connectivity index (χ1) is 14.2. The van der Waals surface area contributed by atoms with E-state index in [9.17, 15) is 19.2 Å². The van der Waals surface area contributed by atoms with Gasteiger partial charge in [-0.3, -0.25) is 10.1 Å². The molecule has 0 atom stereocenters. The van der Waals surface area contributed by atoms with E-state index in [0.717, 1.165) is 0 Å². The molecule has 0 bridgehead atoms. The molecule has 1 heterocycles. The first-order valence-electron chi connectivity index (χ1n) is 10.3. The first-order valence-corrected chi connectivity index (χ1v) is 10.3. The van der Waals surface area contributed by atoms with Crippen LogP contribution in [0.2, 0.25) is 0 Å². The predicted octanol–water partition coefficient (Wildman–Crippen LogP) is 4.15. The number of aliphatic imine (C=N–C) groups is 1.